The Morgan fingerprint density at radius 3 is 2.35 bits per heavy atom. The van der Waals surface area contributed by atoms with Gasteiger partial charge in [-0.15, -0.1) is 0 Å². The fourth-order valence-corrected chi connectivity index (χ4v) is 5.67. The van der Waals surface area contributed by atoms with Crippen LogP contribution in [0.15, 0.2) is 35.3 Å². The number of primary amides is 1. The molecule has 0 unspecified atom stereocenters. The Morgan fingerprint density at radius 2 is 1.82 bits per heavy atom. The summed E-state index contributed by atoms with van der Waals surface area (Å²) in [6.45, 7) is 9.34. The number of carbonyl (C=O) groups is 3. The third-order valence-electron chi connectivity index (χ3n) is 7.16. The Morgan fingerprint density at radius 1 is 1.21 bits per heavy atom. The first-order valence-electron chi connectivity index (χ1n) is 10.8. The summed E-state index contributed by atoms with van der Waals surface area (Å²) in [6, 6.07) is 1.70. The second-order valence-electron chi connectivity index (χ2n) is 10.2. The SMILES string of the molecule is C=C(Cl)c1cc(C(C)(C)C)c(O)c2c1C[C@H]1C[C@H]3CC(O)=C(C(N)=O)C(=O)[C@@]3(O)C(O)=C1C2=O. The first kappa shape index (κ1) is 24.0. The van der Waals surface area contributed by atoms with E-state index in [0.717, 1.165) is 0 Å². The van der Waals surface area contributed by atoms with E-state index >= 15 is 0 Å². The Labute approximate surface area is 201 Å². The van der Waals surface area contributed by atoms with Crippen LogP contribution in [0, 0.1) is 11.8 Å². The molecule has 8 nitrogen and oxygen atoms in total. The van der Waals surface area contributed by atoms with E-state index in [0.29, 0.717) is 16.7 Å². The number of halogens is 1. The molecule has 9 heteroatoms. The average molecular weight is 488 g/mol. The van der Waals surface area contributed by atoms with Gasteiger partial charge in [0.2, 0.25) is 5.78 Å². The molecule has 0 aliphatic heterocycles. The Bertz CT molecular complexity index is 1270. The third-order valence-corrected chi connectivity index (χ3v) is 7.37. The van der Waals surface area contributed by atoms with Crippen molar-refractivity contribution in [3.8, 4) is 5.75 Å². The van der Waals surface area contributed by atoms with Crippen molar-refractivity contribution >= 4 is 34.1 Å². The summed E-state index contributed by atoms with van der Waals surface area (Å²) < 4.78 is 0. The summed E-state index contributed by atoms with van der Waals surface area (Å²) in [5, 5.41) is 43.9. The van der Waals surface area contributed by atoms with Gasteiger partial charge in [-0.25, -0.2) is 0 Å². The fourth-order valence-electron chi connectivity index (χ4n) is 5.50. The minimum Gasteiger partial charge on any atom is -0.511 e. The van der Waals surface area contributed by atoms with Crippen molar-refractivity contribution in [2.24, 2.45) is 17.6 Å². The third kappa shape index (κ3) is 3.12. The number of aliphatic hydroxyl groups is 3. The van der Waals surface area contributed by atoms with Crippen LogP contribution in [0.2, 0.25) is 0 Å². The van der Waals surface area contributed by atoms with E-state index < -0.39 is 57.4 Å². The van der Waals surface area contributed by atoms with Crippen LogP contribution in [0.4, 0.5) is 0 Å². The largest absolute Gasteiger partial charge is 0.511 e. The van der Waals surface area contributed by atoms with Crippen LogP contribution in [0.5, 0.6) is 5.75 Å². The number of aromatic hydroxyl groups is 1. The van der Waals surface area contributed by atoms with Crippen LogP contribution in [0.1, 0.15) is 60.7 Å². The molecule has 4 rings (SSSR count). The van der Waals surface area contributed by atoms with Crippen LogP contribution in [0.3, 0.4) is 0 Å². The molecule has 0 saturated carbocycles. The van der Waals surface area contributed by atoms with Gasteiger partial charge in [-0.3, -0.25) is 14.4 Å². The van der Waals surface area contributed by atoms with Gasteiger partial charge in [-0.05, 0) is 41.4 Å². The summed E-state index contributed by atoms with van der Waals surface area (Å²) in [5.41, 5.74) is 2.37. The number of hydrogen-bond donors (Lipinski definition) is 5. The highest BCUT2D eigenvalue weighted by Crippen LogP contribution is 2.53. The molecule has 0 saturated heterocycles. The minimum absolute atomic E-state index is 0.0545. The van der Waals surface area contributed by atoms with Crippen LogP contribution in [-0.4, -0.2) is 43.5 Å². The van der Waals surface area contributed by atoms with Gasteiger partial charge < -0.3 is 26.2 Å². The molecule has 180 valence electrons. The zero-order valence-electron chi connectivity index (χ0n) is 19.0. The highest BCUT2D eigenvalue weighted by Gasteiger charge is 2.59. The lowest BCUT2D eigenvalue weighted by molar-refractivity contribution is -0.144. The summed E-state index contributed by atoms with van der Waals surface area (Å²) in [4.78, 5) is 38.5. The molecule has 1 amide bonds. The van der Waals surface area contributed by atoms with Crippen molar-refractivity contribution in [2.75, 3.05) is 0 Å². The van der Waals surface area contributed by atoms with Gasteiger partial charge in [0.15, 0.2) is 11.4 Å². The van der Waals surface area contributed by atoms with Gasteiger partial charge >= 0.3 is 0 Å². The molecule has 1 aromatic rings. The van der Waals surface area contributed by atoms with E-state index in [9.17, 15) is 34.8 Å². The van der Waals surface area contributed by atoms with Crippen LogP contribution in [-0.2, 0) is 21.4 Å². The van der Waals surface area contributed by atoms with Gasteiger partial charge in [-0.2, -0.15) is 0 Å². The molecule has 34 heavy (non-hydrogen) atoms. The molecule has 3 atom stereocenters. The second-order valence-corrected chi connectivity index (χ2v) is 10.7. The number of aliphatic hydroxyl groups excluding tert-OH is 2. The van der Waals surface area contributed by atoms with Gasteiger partial charge in [-0.1, -0.05) is 39.0 Å². The Balaban J connectivity index is 1.98. The normalized spacial score (nSPS) is 26.7. The number of nitrogens with two attached hydrogens (primary N) is 1. The number of allylic oxidation sites excluding steroid dienone is 2. The molecule has 3 aliphatic carbocycles. The molecule has 0 fully saturated rings. The number of fused-ring (bicyclic) bond motifs is 3. The number of Topliss-reactive ketones (excluding diaryl/α,β-unsaturated/α-hetero) is 2. The lowest BCUT2D eigenvalue weighted by atomic mass is 9.60. The molecular weight excluding hydrogens is 462 g/mol. The zero-order valence-corrected chi connectivity index (χ0v) is 19.8. The molecule has 3 aliphatic rings. The maximum absolute atomic E-state index is 13.7. The second kappa shape index (κ2) is 7.45. The molecule has 0 aromatic heterocycles. The van der Waals surface area contributed by atoms with Gasteiger partial charge in [0.25, 0.3) is 5.91 Å². The van der Waals surface area contributed by atoms with E-state index in [-0.39, 0.29) is 41.2 Å². The molecule has 0 heterocycles. The van der Waals surface area contributed by atoms with E-state index in [2.05, 4.69) is 6.58 Å². The van der Waals surface area contributed by atoms with Crippen molar-refractivity contribution in [3.05, 3.63) is 57.6 Å². The molecule has 0 spiro atoms. The maximum Gasteiger partial charge on any atom is 0.255 e. The lowest BCUT2D eigenvalue weighted by Gasteiger charge is -2.45. The van der Waals surface area contributed by atoms with E-state index in [1.165, 1.54) is 0 Å². The number of carbonyl (C=O) groups excluding carboxylic acids is 3. The first-order valence-corrected chi connectivity index (χ1v) is 11.2. The van der Waals surface area contributed by atoms with Crippen LogP contribution < -0.4 is 5.73 Å². The standard InChI is InChI=1S/C25H26ClNO7/c1-9(26)12-8-14(24(2,3)4)19(29)17-13(12)6-10-5-11-7-15(28)18(23(27)33)22(32)25(11,34)21(31)16(10)20(17)30/h8,10-11,28-29,31,34H,1,5-7H2,2-4H3,(H2,27,33)/t10-,11+,25+/m1/s1. The quantitative estimate of drug-likeness (QED) is 0.401. The zero-order chi connectivity index (χ0) is 25.5. The number of phenols is 1. The molecule has 0 bridgehead atoms. The fraction of sp³-hybridized carbons (Fsp3) is 0.400. The number of ketones is 2. The maximum atomic E-state index is 13.7. The Hall–Kier alpha value is -3.10. The first-order chi connectivity index (χ1) is 15.6. The number of amides is 1. The topological polar surface area (TPSA) is 158 Å². The monoisotopic (exact) mass is 487 g/mol. The summed E-state index contributed by atoms with van der Waals surface area (Å²) in [7, 11) is 0. The van der Waals surface area contributed by atoms with Crippen LogP contribution >= 0.6 is 11.6 Å². The van der Waals surface area contributed by atoms with E-state index in [1.807, 2.05) is 20.8 Å². The van der Waals surface area contributed by atoms with Gasteiger partial charge in [0, 0.05) is 28.5 Å². The molecule has 1 aromatic carbocycles. The molecule has 0 radical (unpaired) electrons. The number of rotatable bonds is 2. The van der Waals surface area contributed by atoms with E-state index in [4.69, 9.17) is 17.3 Å². The summed E-state index contributed by atoms with van der Waals surface area (Å²) >= 11 is 6.27. The number of benzene rings is 1. The van der Waals surface area contributed by atoms with Crippen molar-refractivity contribution in [3.63, 3.8) is 0 Å². The highest BCUT2D eigenvalue weighted by atomic mass is 35.5. The van der Waals surface area contributed by atoms with Crippen molar-refractivity contribution < 1.29 is 34.8 Å². The lowest BCUT2D eigenvalue weighted by Crippen LogP contribution is -2.57. The predicted molar refractivity (Wildman–Crippen MR) is 124 cm³/mol. The van der Waals surface area contributed by atoms with Crippen molar-refractivity contribution in [1.29, 1.82) is 0 Å². The average Bonchev–Trinajstić information content (AvgIpc) is 2.69. The number of hydrogen-bond acceptors (Lipinski definition) is 7. The summed E-state index contributed by atoms with van der Waals surface area (Å²) in [6.07, 6.45) is -0.0506. The smallest absolute Gasteiger partial charge is 0.255 e. The van der Waals surface area contributed by atoms with Crippen LogP contribution in [0.25, 0.3) is 5.03 Å². The number of phenolic OH excluding ortho intramolecular Hbond substituents is 1. The Kier molecular flexibility index (Phi) is 5.27. The van der Waals surface area contributed by atoms with Gasteiger partial charge in [0.05, 0.1) is 5.56 Å². The molecular formula is C25H26ClNO7. The predicted octanol–water partition coefficient (Wildman–Crippen LogP) is 3.09. The van der Waals surface area contributed by atoms with Crippen molar-refractivity contribution in [1.82, 2.24) is 0 Å². The highest BCUT2D eigenvalue weighted by molar-refractivity contribution is 6.48. The minimum atomic E-state index is -2.59. The molecule has 6 N–H and O–H groups in total. The van der Waals surface area contributed by atoms with E-state index in [1.54, 1.807) is 6.07 Å². The van der Waals surface area contributed by atoms with Crippen molar-refractivity contribution in [2.45, 2.75) is 51.0 Å². The van der Waals surface area contributed by atoms with Gasteiger partial charge in [0.1, 0.15) is 22.8 Å². The summed E-state index contributed by atoms with van der Waals surface area (Å²) in [5.74, 6) is -6.57.